The van der Waals surface area contributed by atoms with Crippen molar-refractivity contribution in [3.8, 4) is 0 Å². The highest BCUT2D eigenvalue weighted by molar-refractivity contribution is 7.09. The number of amides is 2. The van der Waals surface area contributed by atoms with Crippen LogP contribution in [0.25, 0.3) is 0 Å². The Balaban J connectivity index is 1.83. The summed E-state index contributed by atoms with van der Waals surface area (Å²) in [5.74, 6) is 0. The number of hydrogen-bond donors (Lipinski definition) is 2. The molecule has 0 aliphatic carbocycles. The van der Waals surface area contributed by atoms with Gasteiger partial charge in [0.2, 0.25) is 0 Å². The van der Waals surface area contributed by atoms with Gasteiger partial charge in [0.25, 0.3) is 0 Å². The summed E-state index contributed by atoms with van der Waals surface area (Å²) in [7, 11) is 0. The molecule has 2 rings (SSSR count). The van der Waals surface area contributed by atoms with Crippen molar-refractivity contribution in [1.29, 1.82) is 0 Å². The number of nitrogens with one attached hydrogen (secondary N) is 1. The molecule has 0 saturated carbocycles. The zero-order chi connectivity index (χ0) is 13.0. The summed E-state index contributed by atoms with van der Waals surface area (Å²) in [5.41, 5.74) is 0. The number of likely N-dealkylation sites (tertiary alicyclic amines) is 1. The maximum absolute atomic E-state index is 12.1. The lowest BCUT2D eigenvalue weighted by molar-refractivity contribution is 0.155. The Hall–Kier alpha value is -1.07. The van der Waals surface area contributed by atoms with Crippen molar-refractivity contribution >= 4 is 17.4 Å². The van der Waals surface area contributed by atoms with Crippen molar-refractivity contribution in [2.24, 2.45) is 0 Å². The molecule has 2 heterocycles. The van der Waals surface area contributed by atoms with Gasteiger partial charge in [-0.3, -0.25) is 0 Å². The van der Waals surface area contributed by atoms with Gasteiger partial charge in [-0.15, -0.1) is 11.3 Å². The third kappa shape index (κ3) is 3.23. The molecule has 2 unspecified atom stereocenters. The Morgan fingerprint density at radius 2 is 2.56 bits per heavy atom. The van der Waals surface area contributed by atoms with Gasteiger partial charge in [0.1, 0.15) is 0 Å². The third-order valence-corrected chi connectivity index (χ3v) is 4.20. The van der Waals surface area contributed by atoms with E-state index in [4.69, 9.17) is 0 Å². The Labute approximate surface area is 112 Å². The second-order valence-corrected chi connectivity index (χ2v) is 5.84. The van der Waals surface area contributed by atoms with Crippen LogP contribution in [0.5, 0.6) is 0 Å². The van der Waals surface area contributed by atoms with Gasteiger partial charge in [0.05, 0.1) is 12.6 Å². The van der Waals surface area contributed by atoms with Gasteiger partial charge >= 0.3 is 6.03 Å². The monoisotopic (exact) mass is 268 g/mol. The van der Waals surface area contributed by atoms with Gasteiger partial charge in [0.15, 0.2) is 0 Å². The predicted molar refractivity (Wildman–Crippen MR) is 72.8 cm³/mol. The van der Waals surface area contributed by atoms with Gasteiger partial charge in [0, 0.05) is 23.9 Å². The fourth-order valence-electron chi connectivity index (χ4n) is 2.37. The van der Waals surface area contributed by atoms with Crippen molar-refractivity contribution in [3.63, 3.8) is 0 Å². The van der Waals surface area contributed by atoms with Crippen molar-refractivity contribution in [1.82, 2.24) is 10.2 Å². The molecule has 1 aliphatic rings. The van der Waals surface area contributed by atoms with Gasteiger partial charge in [-0.1, -0.05) is 6.07 Å². The Morgan fingerprint density at radius 1 is 1.72 bits per heavy atom. The first-order valence-corrected chi connectivity index (χ1v) is 7.29. The van der Waals surface area contributed by atoms with Crippen molar-refractivity contribution in [2.75, 3.05) is 13.2 Å². The summed E-state index contributed by atoms with van der Waals surface area (Å²) < 4.78 is 0. The molecule has 0 spiro atoms. The highest BCUT2D eigenvalue weighted by atomic mass is 32.1. The average Bonchev–Trinajstić information content (AvgIpc) is 2.97. The van der Waals surface area contributed by atoms with E-state index in [0.717, 1.165) is 25.8 Å². The number of rotatable bonds is 4. The van der Waals surface area contributed by atoms with Crippen LogP contribution in [0.4, 0.5) is 4.79 Å². The third-order valence-electron chi connectivity index (χ3n) is 3.31. The molecule has 0 bridgehead atoms. The van der Waals surface area contributed by atoms with E-state index in [2.05, 4.69) is 11.4 Å². The molecule has 2 N–H and O–H groups in total. The molecule has 5 heteroatoms. The standard InChI is InChI=1S/C13H20N2O2S/c1-10(8-12-5-3-7-18-12)14-13(17)15-6-2-4-11(15)9-16/h3,5,7,10-11,16H,2,4,6,8-9H2,1H3,(H,14,17). The number of nitrogens with zero attached hydrogens (tertiary/aromatic N) is 1. The average molecular weight is 268 g/mol. The normalized spacial score (nSPS) is 21.0. The first-order valence-electron chi connectivity index (χ1n) is 6.41. The van der Waals surface area contributed by atoms with E-state index >= 15 is 0 Å². The van der Waals surface area contributed by atoms with E-state index in [1.165, 1.54) is 4.88 Å². The summed E-state index contributed by atoms with van der Waals surface area (Å²) in [6.07, 6.45) is 2.75. The maximum Gasteiger partial charge on any atom is 0.317 e. The predicted octanol–water partition coefficient (Wildman–Crippen LogP) is 1.85. The first kappa shape index (κ1) is 13.4. The SMILES string of the molecule is CC(Cc1cccs1)NC(=O)N1CCCC1CO. The molecule has 2 atom stereocenters. The Morgan fingerprint density at radius 3 is 3.22 bits per heavy atom. The first-order chi connectivity index (χ1) is 8.70. The van der Waals surface area contributed by atoms with E-state index in [9.17, 15) is 9.90 Å². The van der Waals surface area contributed by atoms with Gasteiger partial charge in [-0.2, -0.15) is 0 Å². The molecule has 4 nitrogen and oxygen atoms in total. The van der Waals surface area contributed by atoms with Gasteiger partial charge in [-0.05, 0) is 31.2 Å². The Kier molecular flexibility index (Phi) is 4.60. The molecule has 18 heavy (non-hydrogen) atoms. The molecule has 1 fully saturated rings. The lowest BCUT2D eigenvalue weighted by Gasteiger charge is -2.25. The van der Waals surface area contributed by atoms with Crippen molar-refractivity contribution in [3.05, 3.63) is 22.4 Å². The van der Waals surface area contributed by atoms with Crippen LogP contribution >= 0.6 is 11.3 Å². The molecule has 1 aromatic heterocycles. The van der Waals surface area contributed by atoms with E-state index < -0.39 is 0 Å². The zero-order valence-corrected chi connectivity index (χ0v) is 11.4. The summed E-state index contributed by atoms with van der Waals surface area (Å²) in [4.78, 5) is 15.1. The van der Waals surface area contributed by atoms with E-state index in [-0.39, 0.29) is 24.7 Å². The van der Waals surface area contributed by atoms with Crippen LogP contribution < -0.4 is 5.32 Å². The minimum atomic E-state index is -0.0457. The number of aliphatic hydroxyl groups is 1. The van der Waals surface area contributed by atoms with Crippen LogP contribution in [0.2, 0.25) is 0 Å². The fraction of sp³-hybridized carbons (Fsp3) is 0.615. The summed E-state index contributed by atoms with van der Waals surface area (Å²) in [6, 6.07) is 4.18. The highest BCUT2D eigenvalue weighted by Crippen LogP contribution is 2.17. The Bertz CT molecular complexity index is 380. The van der Waals surface area contributed by atoms with Gasteiger partial charge in [-0.25, -0.2) is 4.79 Å². The van der Waals surface area contributed by atoms with Crippen LogP contribution in [0.3, 0.4) is 0 Å². The number of carbonyl (C=O) groups is 1. The van der Waals surface area contributed by atoms with Crippen LogP contribution in [0, 0.1) is 0 Å². The van der Waals surface area contributed by atoms with Crippen molar-refractivity contribution in [2.45, 2.75) is 38.3 Å². The summed E-state index contributed by atoms with van der Waals surface area (Å²) >= 11 is 1.71. The number of urea groups is 1. The number of hydrogen-bond acceptors (Lipinski definition) is 3. The second kappa shape index (κ2) is 6.20. The molecular formula is C13H20N2O2S. The van der Waals surface area contributed by atoms with Crippen LogP contribution in [-0.4, -0.2) is 41.3 Å². The minimum absolute atomic E-state index is 0.000984. The van der Waals surface area contributed by atoms with E-state index in [1.54, 1.807) is 16.2 Å². The lowest BCUT2D eigenvalue weighted by Crippen LogP contribution is -2.47. The number of aliphatic hydroxyl groups excluding tert-OH is 1. The number of thiophene rings is 1. The molecule has 100 valence electrons. The fourth-order valence-corrected chi connectivity index (χ4v) is 3.20. The molecule has 0 radical (unpaired) electrons. The van der Waals surface area contributed by atoms with Crippen LogP contribution in [-0.2, 0) is 6.42 Å². The molecule has 1 saturated heterocycles. The quantitative estimate of drug-likeness (QED) is 0.875. The smallest absolute Gasteiger partial charge is 0.317 e. The molecule has 1 aromatic rings. The largest absolute Gasteiger partial charge is 0.394 e. The molecule has 2 amide bonds. The van der Waals surface area contributed by atoms with Crippen LogP contribution in [0.1, 0.15) is 24.6 Å². The molecule has 0 aromatic carbocycles. The van der Waals surface area contributed by atoms with Gasteiger partial charge < -0.3 is 15.3 Å². The minimum Gasteiger partial charge on any atom is -0.394 e. The lowest BCUT2D eigenvalue weighted by atomic mass is 10.2. The summed E-state index contributed by atoms with van der Waals surface area (Å²) in [6.45, 7) is 2.83. The van der Waals surface area contributed by atoms with Crippen molar-refractivity contribution < 1.29 is 9.90 Å². The highest BCUT2D eigenvalue weighted by Gasteiger charge is 2.28. The zero-order valence-electron chi connectivity index (χ0n) is 10.6. The molecular weight excluding hydrogens is 248 g/mol. The summed E-state index contributed by atoms with van der Waals surface area (Å²) in [5, 5.41) is 14.3. The topological polar surface area (TPSA) is 52.6 Å². The second-order valence-electron chi connectivity index (χ2n) is 4.81. The van der Waals surface area contributed by atoms with Crippen LogP contribution in [0.15, 0.2) is 17.5 Å². The van der Waals surface area contributed by atoms with E-state index in [1.807, 2.05) is 18.4 Å². The van der Waals surface area contributed by atoms with E-state index in [0.29, 0.717) is 0 Å². The maximum atomic E-state index is 12.1. The molecule has 1 aliphatic heterocycles. The number of carbonyl (C=O) groups excluding carboxylic acids is 1.